The lowest BCUT2D eigenvalue weighted by molar-refractivity contribution is -0.138. The van der Waals surface area contributed by atoms with Crippen LogP contribution in [0.5, 0.6) is 0 Å². The molecule has 1 nitrogen and oxygen atoms in total. The maximum absolute atomic E-state index is 12.9. The van der Waals surface area contributed by atoms with Gasteiger partial charge in [0.05, 0.1) is 5.56 Å². The maximum atomic E-state index is 12.9. The Morgan fingerprint density at radius 3 is 2.43 bits per heavy atom. The van der Waals surface area contributed by atoms with Crippen molar-refractivity contribution in [3.63, 3.8) is 0 Å². The van der Waals surface area contributed by atoms with E-state index in [-0.39, 0.29) is 4.47 Å². The van der Waals surface area contributed by atoms with E-state index in [9.17, 15) is 13.2 Å². The monoisotopic (exact) mass is 357 g/mol. The third-order valence-electron chi connectivity index (χ3n) is 3.43. The highest BCUT2D eigenvalue weighted by Gasteiger charge is 2.33. The van der Waals surface area contributed by atoms with Crippen LogP contribution in [-0.4, -0.2) is 0 Å². The van der Waals surface area contributed by atoms with Gasteiger partial charge in [0.25, 0.3) is 0 Å². The predicted molar refractivity (Wildman–Crippen MR) is 81.0 cm³/mol. The number of alkyl halides is 3. The Morgan fingerprint density at radius 2 is 1.81 bits per heavy atom. The van der Waals surface area contributed by atoms with Gasteiger partial charge in [-0.15, -0.1) is 0 Å². The van der Waals surface area contributed by atoms with Crippen molar-refractivity contribution in [3.8, 4) is 0 Å². The minimum Gasteiger partial charge on any atom is -0.324 e. The van der Waals surface area contributed by atoms with Gasteiger partial charge in [0.1, 0.15) is 0 Å². The third-order valence-corrected chi connectivity index (χ3v) is 4.12. The molecule has 5 heteroatoms. The maximum Gasteiger partial charge on any atom is 0.417 e. The molecule has 0 fully saturated rings. The highest BCUT2D eigenvalue weighted by molar-refractivity contribution is 9.10. The Kier molecular flexibility index (Phi) is 4.74. The van der Waals surface area contributed by atoms with E-state index in [0.29, 0.717) is 12.0 Å². The van der Waals surface area contributed by atoms with Crippen LogP contribution in [0, 0.1) is 6.92 Å². The van der Waals surface area contributed by atoms with Gasteiger partial charge in [-0.25, -0.2) is 0 Å². The van der Waals surface area contributed by atoms with Crippen LogP contribution in [0.25, 0.3) is 0 Å². The zero-order chi connectivity index (χ0) is 15.6. The molecule has 2 aromatic rings. The summed E-state index contributed by atoms with van der Waals surface area (Å²) in [5.74, 6) is 0. The van der Waals surface area contributed by atoms with E-state index in [0.717, 1.165) is 17.2 Å². The van der Waals surface area contributed by atoms with E-state index in [1.807, 2.05) is 31.2 Å². The summed E-state index contributed by atoms with van der Waals surface area (Å²) in [5, 5.41) is 0. The van der Waals surface area contributed by atoms with Crippen LogP contribution in [0.4, 0.5) is 13.2 Å². The first-order chi connectivity index (χ1) is 9.79. The Labute approximate surface area is 130 Å². The van der Waals surface area contributed by atoms with Crippen molar-refractivity contribution < 1.29 is 13.2 Å². The molecule has 2 aromatic carbocycles. The number of hydrogen-bond acceptors (Lipinski definition) is 1. The molecule has 2 N–H and O–H groups in total. The van der Waals surface area contributed by atoms with Gasteiger partial charge in [0.15, 0.2) is 0 Å². The quantitative estimate of drug-likeness (QED) is 0.819. The van der Waals surface area contributed by atoms with Gasteiger partial charge in [-0.3, -0.25) is 0 Å². The van der Waals surface area contributed by atoms with Crippen molar-refractivity contribution in [1.82, 2.24) is 0 Å². The fourth-order valence-corrected chi connectivity index (χ4v) is 2.66. The molecular formula is C16H15BrF3N. The highest BCUT2D eigenvalue weighted by atomic mass is 79.9. The Morgan fingerprint density at radius 1 is 1.14 bits per heavy atom. The average Bonchev–Trinajstić information content (AvgIpc) is 2.40. The molecule has 0 bridgehead atoms. The Bertz CT molecular complexity index is 638. The second-order valence-electron chi connectivity index (χ2n) is 4.97. The summed E-state index contributed by atoms with van der Waals surface area (Å²) in [6, 6.07) is 11.4. The van der Waals surface area contributed by atoms with Gasteiger partial charge in [-0.2, -0.15) is 13.2 Å². The van der Waals surface area contributed by atoms with Crippen LogP contribution in [0.15, 0.2) is 46.9 Å². The van der Waals surface area contributed by atoms with Gasteiger partial charge in [-0.05, 0) is 42.2 Å². The average molecular weight is 358 g/mol. The molecule has 0 saturated carbocycles. The lowest BCUT2D eigenvalue weighted by atomic mass is 9.96. The summed E-state index contributed by atoms with van der Waals surface area (Å²) >= 11 is 2.93. The van der Waals surface area contributed by atoms with Gasteiger partial charge in [0, 0.05) is 10.5 Å². The standard InChI is InChI=1S/C16H15BrF3N/c1-10-4-2-3-5-11(10)9-15(21)12-6-7-14(17)13(8-12)16(18,19)20/h2-8,15H,9,21H2,1H3. The lowest BCUT2D eigenvalue weighted by Gasteiger charge is -2.17. The number of benzene rings is 2. The molecule has 21 heavy (non-hydrogen) atoms. The van der Waals surface area contributed by atoms with Gasteiger partial charge in [-0.1, -0.05) is 46.3 Å². The number of hydrogen-bond donors (Lipinski definition) is 1. The van der Waals surface area contributed by atoms with Gasteiger partial charge >= 0.3 is 6.18 Å². The van der Waals surface area contributed by atoms with Crippen molar-refractivity contribution in [2.75, 3.05) is 0 Å². The summed E-state index contributed by atoms with van der Waals surface area (Å²) in [5.41, 5.74) is 7.99. The molecule has 0 aliphatic rings. The molecule has 2 rings (SSSR count). The van der Waals surface area contributed by atoms with E-state index >= 15 is 0 Å². The first kappa shape index (κ1) is 16.0. The summed E-state index contributed by atoms with van der Waals surface area (Å²) in [6.07, 6.45) is -3.89. The molecule has 0 heterocycles. The molecule has 0 spiro atoms. The normalized spacial score (nSPS) is 13.2. The topological polar surface area (TPSA) is 26.0 Å². The first-order valence-electron chi connectivity index (χ1n) is 6.46. The van der Waals surface area contributed by atoms with E-state index < -0.39 is 17.8 Å². The van der Waals surface area contributed by atoms with Gasteiger partial charge in [0.2, 0.25) is 0 Å². The van der Waals surface area contributed by atoms with Gasteiger partial charge < -0.3 is 5.73 Å². The second kappa shape index (κ2) is 6.20. The minimum atomic E-state index is -4.39. The van der Waals surface area contributed by atoms with Crippen LogP contribution in [0.1, 0.15) is 28.3 Å². The molecule has 0 aromatic heterocycles. The molecule has 0 amide bonds. The predicted octanol–water partition coefficient (Wildman–Crippen LogP) is 5.02. The summed E-state index contributed by atoms with van der Waals surface area (Å²) < 4.78 is 38.8. The fourth-order valence-electron chi connectivity index (χ4n) is 2.18. The largest absolute Gasteiger partial charge is 0.417 e. The van der Waals surface area contributed by atoms with E-state index in [2.05, 4.69) is 15.9 Å². The van der Waals surface area contributed by atoms with Crippen LogP contribution < -0.4 is 5.73 Å². The molecule has 0 aliphatic heterocycles. The molecular weight excluding hydrogens is 343 g/mol. The van der Waals surface area contributed by atoms with Crippen LogP contribution in [0.3, 0.4) is 0 Å². The van der Waals surface area contributed by atoms with Crippen molar-refractivity contribution >= 4 is 15.9 Å². The summed E-state index contributed by atoms with van der Waals surface area (Å²) in [6.45, 7) is 1.96. The van der Waals surface area contributed by atoms with E-state index in [4.69, 9.17) is 5.73 Å². The summed E-state index contributed by atoms with van der Waals surface area (Å²) in [4.78, 5) is 0. The first-order valence-corrected chi connectivity index (χ1v) is 7.25. The fraction of sp³-hybridized carbons (Fsp3) is 0.250. The number of rotatable bonds is 3. The Hall–Kier alpha value is -1.33. The minimum absolute atomic E-state index is 0.0295. The van der Waals surface area contributed by atoms with Crippen molar-refractivity contribution in [3.05, 3.63) is 69.2 Å². The highest BCUT2D eigenvalue weighted by Crippen LogP contribution is 2.36. The molecule has 1 unspecified atom stereocenters. The molecule has 1 atom stereocenters. The van der Waals surface area contributed by atoms with Crippen LogP contribution in [-0.2, 0) is 12.6 Å². The number of halogens is 4. The van der Waals surface area contributed by atoms with Crippen LogP contribution in [0.2, 0.25) is 0 Å². The summed E-state index contributed by atoms with van der Waals surface area (Å²) in [7, 11) is 0. The van der Waals surface area contributed by atoms with Crippen molar-refractivity contribution in [1.29, 1.82) is 0 Å². The van der Waals surface area contributed by atoms with E-state index in [1.54, 1.807) is 6.07 Å². The smallest absolute Gasteiger partial charge is 0.324 e. The van der Waals surface area contributed by atoms with E-state index in [1.165, 1.54) is 6.07 Å². The zero-order valence-electron chi connectivity index (χ0n) is 11.4. The second-order valence-corrected chi connectivity index (χ2v) is 5.83. The molecule has 0 radical (unpaired) electrons. The zero-order valence-corrected chi connectivity index (χ0v) is 13.0. The molecule has 112 valence electrons. The van der Waals surface area contributed by atoms with Crippen molar-refractivity contribution in [2.45, 2.75) is 25.6 Å². The third kappa shape index (κ3) is 3.86. The molecule has 0 aliphatic carbocycles. The van der Waals surface area contributed by atoms with Crippen molar-refractivity contribution in [2.24, 2.45) is 5.73 Å². The Balaban J connectivity index is 2.28. The molecule has 0 saturated heterocycles. The lowest BCUT2D eigenvalue weighted by Crippen LogP contribution is -2.16. The number of aryl methyl sites for hydroxylation is 1. The number of nitrogens with two attached hydrogens (primary N) is 1. The SMILES string of the molecule is Cc1ccccc1CC(N)c1ccc(Br)c(C(F)(F)F)c1. The van der Waals surface area contributed by atoms with Crippen LogP contribution >= 0.6 is 15.9 Å².